The molecule has 0 spiro atoms. The minimum atomic E-state index is -0.941. The number of nitrogens with zero attached hydrogens (tertiary/aromatic N) is 4. The fourth-order valence-electron chi connectivity index (χ4n) is 4.06. The molecule has 4 rings (SSSR count). The average Bonchev–Trinajstić information content (AvgIpc) is 3.02. The van der Waals surface area contributed by atoms with Crippen LogP contribution >= 0.6 is 0 Å². The van der Waals surface area contributed by atoms with Gasteiger partial charge in [0.15, 0.2) is 23.1 Å². The minimum absolute atomic E-state index is 0.250. The van der Waals surface area contributed by atoms with Crippen LogP contribution < -0.4 is 4.90 Å². The van der Waals surface area contributed by atoms with Gasteiger partial charge in [0.1, 0.15) is 5.82 Å². The van der Waals surface area contributed by atoms with Crippen LogP contribution in [-0.2, 0) is 4.79 Å². The number of likely N-dealkylation sites (tertiary alicyclic amines) is 1. The summed E-state index contributed by atoms with van der Waals surface area (Å²) >= 11 is 0. The lowest BCUT2D eigenvalue weighted by Crippen LogP contribution is -2.32. The highest BCUT2D eigenvalue weighted by molar-refractivity contribution is 5.92. The van der Waals surface area contributed by atoms with Gasteiger partial charge in [0.25, 0.3) is 12.4 Å². The van der Waals surface area contributed by atoms with Crippen molar-refractivity contribution in [3.8, 4) is 0 Å². The number of hydrogen-bond donors (Lipinski definition) is 1. The Balaban J connectivity index is 0.000000806. The molecule has 0 bridgehead atoms. The van der Waals surface area contributed by atoms with Crippen molar-refractivity contribution in [1.29, 1.82) is 0 Å². The topological polar surface area (TPSA) is 86.6 Å². The van der Waals surface area contributed by atoms with E-state index in [0.717, 1.165) is 19.0 Å². The van der Waals surface area contributed by atoms with Crippen molar-refractivity contribution in [3.63, 3.8) is 0 Å². The summed E-state index contributed by atoms with van der Waals surface area (Å²) in [4.78, 5) is 32.2. The van der Waals surface area contributed by atoms with Crippen LogP contribution in [0.25, 0.3) is 0 Å². The maximum absolute atomic E-state index is 14.0. The number of pyridine rings is 2. The fourth-order valence-corrected chi connectivity index (χ4v) is 4.06. The Morgan fingerprint density at radius 3 is 2.30 bits per heavy atom. The Morgan fingerprint density at radius 1 is 1.10 bits per heavy atom. The van der Waals surface area contributed by atoms with E-state index in [1.807, 2.05) is 4.90 Å². The highest BCUT2D eigenvalue weighted by Gasteiger charge is 2.38. The van der Waals surface area contributed by atoms with Gasteiger partial charge >= 0.3 is 0 Å². The number of halogens is 3. The summed E-state index contributed by atoms with van der Waals surface area (Å²) in [5, 5.41) is 6.89. The Hall–Kier alpha value is -3.17. The van der Waals surface area contributed by atoms with E-state index in [2.05, 4.69) is 9.97 Å². The van der Waals surface area contributed by atoms with E-state index in [0.29, 0.717) is 38.1 Å². The summed E-state index contributed by atoms with van der Waals surface area (Å²) in [6.45, 7) is 2.06. The van der Waals surface area contributed by atoms with Crippen molar-refractivity contribution >= 4 is 18.2 Å². The van der Waals surface area contributed by atoms with Crippen LogP contribution in [0.15, 0.2) is 30.6 Å². The largest absolute Gasteiger partial charge is 0.483 e. The summed E-state index contributed by atoms with van der Waals surface area (Å²) in [5.41, 5.74) is -0.343. The molecule has 2 aliphatic heterocycles. The minimum Gasteiger partial charge on any atom is -0.483 e. The highest BCUT2D eigenvalue weighted by atomic mass is 19.1. The standard InChI is InChI=1S/C19H19F3N4O.CH2O2/c20-14-8-16(22)17(24-9-14)19(27)26-10-12-3-6-25(7-4-13(12)11-26)18-15(21)2-1-5-23-18;2-1-3/h1-2,5,8-9,12-13H,3-4,6-7,10-11H2;1H,(H,2,3)/t12-,13+;. The third-order valence-electron chi connectivity index (χ3n) is 5.45. The van der Waals surface area contributed by atoms with Gasteiger partial charge in [-0.2, -0.15) is 0 Å². The van der Waals surface area contributed by atoms with E-state index in [-0.39, 0.29) is 29.8 Å². The molecule has 2 saturated heterocycles. The van der Waals surface area contributed by atoms with E-state index in [1.54, 1.807) is 17.2 Å². The molecule has 4 heterocycles. The normalized spacial score (nSPS) is 20.6. The van der Waals surface area contributed by atoms with Crippen molar-refractivity contribution in [2.45, 2.75) is 12.8 Å². The number of aromatic nitrogens is 2. The molecule has 1 N–H and O–H groups in total. The van der Waals surface area contributed by atoms with Gasteiger partial charge in [-0.1, -0.05) is 0 Å². The zero-order chi connectivity index (χ0) is 21.7. The quantitative estimate of drug-likeness (QED) is 0.749. The number of rotatable bonds is 2. The van der Waals surface area contributed by atoms with E-state index in [4.69, 9.17) is 9.90 Å². The van der Waals surface area contributed by atoms with Crippen LogP contribution in [0.5, 0.6) is 0 Å². The molecular weight excluding hydrogens is 401 g/mol. The monoisotopic (exact) mass is 422 g/mol. The predicted octanol–water partition coefficient (Wildman–Crippen LogP) is 2.58. The molecule has 2 aromatic rings. The highest BCUT2D eigenvalue weighted by Crippen LogP contribution is 2.34. The van der Waals surface area contributed by atoms with Crippen molar-refractivity contribution < 1.29 is 27.9 Å². The maximum atomic E-state index is 14.0. The number of amides is 1. The van der Waals surface area contributed by atoms with Gasteiger partial charge in [0.2, 0.25) is 0 Å². The van der Waals surface area contributed by atoms with Crippen molar-refractivity contribution in [2.75, 3.05) is 31.1 Å². The van der Waals surface area contributed by atoms with Gasteiger partial charge in [0, 0.05) is 38.4 Å². The molecule has 0 radical (unpaired) electrons. The molecular formula is C20H21F3N4O3. The SMILES string of the molecule is O=C(c1ncc(F)cc1F)N1C[C@H]2CCN(c3ncccc3F)CC[C@H]2C1.O=CO. The number of carboxylic acid groups (broad SMARTS) is 1. The summed E-state index contributed by atoms with van der Waals surface area (Å²) < 4.78 is 40.9. The van der Waals surface area contributed by atoms with Crippen LogP contribution in [0, 0.1) is 29.3 Å². The lowest BCUT2D eigenvalue weighted by atomic mass is 9.92. The van der Waals surface area contributed by atoms with Crippen LogP contribution in [-0.4, -0.2) is 58.5 Å². The molecule has 2 aliphatic rings. The number of carbonyl (C=O) groups is 2. The second-order valence-electron chi connectivity index (χ2n) is 7.19. The summed E-state index contributed by atoms with van der Waals surface area (Å²) in [6.07, 6.45) is 4.02. The van der Waals surface area contributed by atoms with Crippen molar-refractivity contribution in [1.82, 2.24) is 14.9 Å². The van der Waals surface area contributed by atoms with Crippen LogP contribution in [0.2, 0.25) is 0 Å². The first-order chi connectivity index (χ1) is 14.4. The molecule has 10 heteroatoms. The van der Waals surface area contributed by atoms with E-state index >= 15 is 0 Å². The average molecular weight is 422 g/mol. The van der Waals surface area contributed by atoms with Gasteiger partial charge in [0.05, 0.1) is 6.20 Å². The lowest BCUT2D eigenvalue weighted by Gasteiger charge is -2.23. The Bertz CT molecular complexity index is 899. The molecule has 0 aliphatic carbocycles. The van der Waals surface area contributed by atoms with E-state index < -0.39 is 17.5 Å². The third kappa shape index (κ3) is 4.69. The molecule has 2 aromatic heterocycles. The first-order valence-electron chi connectivity index (χ1n) is 9.48. The molecule has 7 nitrogen and oxygen atoms in total. The summed E-state index contributed by atoms with van der Waals surface area (Å²) in [5.74, 6) is -1.71. The Labute approximate surface area is 171 Å². The van der Waals surface area contributed by atoms with E-state index in [1.165, 1.54) is 6.07 Å². The van der Waals surface area contributed by atoms with Gasteiger partial charge in [-0.25, -0.2) is 23.1 Å². The van der Waals surface area contributed by atoms with E-state index in [9.17, 15) is 18.0 Å². The number of hydrogen-bond acceptors (Lipinski definition) is 5. The lowest BCUT2D eigenvalue weighted by molar-refractivity contribution is -0.122. The second kappa shape index (κ2) is 9.55. The predicted molar refractivity (Wildman–Crippen MR) is 101 cm³/mol. The molecule has 1 amide bonds. The van der Waals surface area contributed by atoms with Crippen LogP contribution in [0.3, 0.4) is 0 Å². The third-order valence-corrected chi connectivity index (χ3v) is 5.45. The Morgan fingerprint density at radius 2 is 1.73 bits per heavy atom. The van der Waals surface area contributed by atoms with Crippen LogP contribution in [0.4, 0.5) is 19.0 Å². The van der Waals surface area contributed by atoms with Crippen molar-refractivity contribution in [3.05, 3.63) is 53.7 Å². The molecule has 0 aromatic carbocycles. The van der Waals surface area contributed by atoms with Gasteiger partial charge in [-0.05, 0) is 36.8 Å². The molecule has 30 heavy (non-hydrogen) atoms. The molecule has 0 unspecified atom stereocenters. The summed E-state index contributed by atoms with van der Waals surface area (Å²) in [7, 11) is 0. The molecule has 160 valence electrons. The zero-order valence-corrected chi connectivity index (χ0v) is 16.0. The van der Waals surface area contributed by atoms with Crippen LogP contribution in [0.1, 0.15) is 23.3 Å². The number of anilines is 1. The smallest absolute Gasteiger partial charge is 0.290 e. The molecule has 0 saturated carbocycles. The first kappa shape index (κ1) is 21.5. The molecule has 2 atom stereocenters. The first-order valence-corrected chi connectivity index (χ1v) is 9.48. The van der Waals surface area contributed by atoms with Gasteiger partial charge in [-0.15, -0.1) is 0 Å². The fraction of sp³-hybridized carbons (Fsp3) is 0.400. The van der Waals surface area contributed by atoms with Gasteiger partial charge < -0.3 is 14.9 Å². The van der Waals surface area contributed by atoms with Crippen molar-refractivity contribution in [2.24, 2.45) is 11.8 Å². The Kier molecular flexibility index (Phi) is 6.86. The zero-order valence-electron chi connectivity index (χ0n) is 16.0. The maximum Gasteiger partial charge on any atom is 0.290 e. The second-order valence-corrected chi connectivity index (χ2v) is 7.19. The number of fused-ring (bicyclic) bond motifs is 1. The summed E-state index contributed by atoms with van der Waals surface area (Å²) in [6, 6.07) is 3.64. The van der Waals surface area contributed by atoms with Gasteiger partial charge in [-0.3, -0.25) is 9.59 Å². The molecule has 2 fully saturated rings. The number of carbonyl (C=O) groups excluding carboxylic acids is 1.